The molecule has 1 aliphatic heterocycles. The molecule has 1 aliphatic rings. The van der Waals surface area contributed by atoms with Crippen LogP contribution in [-0.2, 0) is 0 Å². The molecule has 3 rings (SSSR count). The number of halogens is 1. The summed E-state index contributed by atoms with van der Waals surface area (Å²) >= 11 is 0. The first-order valence-electron chi connectivity index (χ1n) is 8.58. The zero-order valence-electron chi connectivity index (χ0n) is 14.8. The summed E-state index contributed by atoms with van der Waals surface area (Å²) in [6.45, 7) is 3.55. The predicted molar refractivity (Wildman–Crippen MR) is 101 cm³/mol. The molecule has 0 spiro atoms. The number of benzene rings is 2. The van der Waals surface area contributed by atoms with E-state index in [1.165, 1.54) is 36.5 Å². The number of hydrogen-bond acceptors (Lipinski definition) is 5. The lowest BCUT2D eigenvalue weighted by Gasteiger charge is -2.19. The summed E-state index contributed by atoms with van der Waals surface area (Å²) in [5.41, 5.74) is 4.22. The minimum atomic E-state index is -0.582. The third kappa shape index (κ3) is 4.28. The Hall–Kier alpha value is -3.29. The number of hydrogen-bond donors (Lipinski definition) is 1. The molecule has 1 fully saturated rings. The second-order valence-corrected chi connectivity index (χ2v) is 6.36. The third-order valence-electron chi connectivity index (χ3n) is 4.47. The molecular formula is C19H19FN4O3. The van der Waals surface area contributed by atoms with Crippen molar-refractivity contribution in [3.8, 4) is 0 Å². The Morgan fingerprint density at radius 3 is 2.74 bits per heavy atom. The minimum Gasteiger partial charge on any atom is -0.369 e. The van der Waals surface area contributed by atoms with E-state index in [9.17, 15) is 19.3 Å². The van der Waals surface area contributed by atoms with Crippen LogP contribution in [0.2, 0.25) is 0 Å². The maximum absolute atomic E-state index is 14.4. The maximum Gasteiger partial charge on any atom is 0.271 e. The van der Waals surface area contributed by atoms with Gasteiger partial charge in [-0.05, 0) is 43.5 Å². The van der Waals surface area contributed by atoms with Crippen molar-refractivity contribution >= 4 is 23.5 Å². The van der Waals surface area contributed by atoms with Crippen LogP contribution in [0.15, 0.2) is 41.5 Å². The first-order chi connectivity index (χ1) is 13.0. The van der Waals surface area contributed by atoms with E-state index in [-0.39, 0.29) is 17.1 Å². The Kier molecular flexibility index (Phi) is 5.44. The van der Waals surface area contributed by atoms with Gasteiger partial charge in [0.15, 0.2) is 0 Å². The molecule has 0 aromatic heterocycles. The van der Waals surface area contributed by atoms with Crippen molar-refractivity contribution in [2.24, 2.45) is 5.10 Å². The van der Waals surface area contributed by atoms with Crippen LogP contribution >= 0.6 is 0 Å². The van der Waals surface area contributed by atoms with Crippen LogP contribution in [0.3, 0.4) is 0 Å². The standard InChI is InChI=1S/C19H19FN4O3/c1-13-9-18(23-7-2-3-8-23)17(20)11-15(13)12-21-22-19(25)14-5-4-6-16(10-14)24(26)27/h4-6,9-12H,2-3,7-8H2,1H3,(H,22,25)/b21-12-. The lowest BCUT2D eigenvalue weighted by molar-refractivity contribution is -0.384. The van der Waals surface area contributed by atoms with Crippen LogP contribution in [-0.4, -0.2) is 30.1 Å². The van der Waals surface area contributed by atoms with Gasteiger partial charge >= 0.3 is 0 Å². The number of anilines is 1. The van der Waals surface area contributed by atoms with Crippen molar-refractivity contribution in [2.75, 3.05) is 18.0 Å². The Balaban J connectivity index is 1.70. The molecule has 0 bridgehead atoms. The van der Waals surface area contributed by atoms with Gasteiger partial charge in [0.05, 0.1) is 16.8 Å². The van der Waals surface area contributed by atoms with E-state index < -0.39 is 10.8 Å². The molecule has 0 unspecified atom stereocenters. The number of carbonyl (C=O) groups is 1. The van der Waals surface area contributed by atoms with Crippen molar-refractivity contribution in [1.82, 2.24) is 5.43 Å². The summed E-state index contributed by atoms with van der Waals surface area (Å²) < 4.78 is 14.4. The van der Waals surface area contributed by atoms with Gasteiger partial charge < -0.3 is 4.90 Å². The first kappa shape index (κ1) is 18.5. The van der Waals surface area contributed by atoms with Crippen LogP contribution in [0.5, 0.6) is 0 Å². The number of nitrogens with one attached hydrogen (secondary N) is 1. The summed E-state index contributed by atoms with van der Waals surface area (Å²) in [5, 5.41) is 14.6. The average molecular weight is 370 g/mol. The van der Waals surface area contributed by atoms with Gasteiger partial charge in [0.25, 0.3) is 11.6 Å². The molecule has 8 heteroatoms. The molecule has 27 heavy (non-hydrogen) atoms. The van der Waals surface area contributed by atoms with Gasteiger partial charge in [0.2, 0.25) is 0 Å². The summed E-state index contributed by atoms with van der Waals surface area (Å²) in [6, 6.07) is 8.52. The molecule has 0 aliphatic carbocycles. The Morgan fingerprint density at radius 2 is 2.04 bits per heavy atom. The quantitative estimate of drug-likeness (QED) is 0.496. The van der Waals surface area contributed by atoms with Crippen molar-refractivity contribution in [2.45, 2.75) is 19.8 Å². The van der Waals surface area contributed by atoms with Crippen molar-refractivity contribution in [1.29, 1.82) is 0 Å². The number of amides is 1. The smallest absolute Gasteiger partial charge is 0.271 e. The van der Waals surface area contributed by atoms with Crippen LogP contribution in [0.4, 0.5) is 15.8 Å². The molecule has 1 N–H and O–H groups in total. The van der Waals surface area contributed by atoms with Gasteiger partial charge in [0.1, 0.15) is 5.82 Å². The van der Waals surface area contributed by atoms with E-state index in [2.05, 4.69) is 10.5 Å². The fourth-order valence-corrected chi connectivity index (χ4v) is 3.01. The highest BCUT2D eigenvalue weighted by atomic mass is 19.1. The number of non-ortho nitro benzene ring substituents is 1. The van der Waals surface area contributed by atoms with Gasteiger partial charge in [0, 0.05) is 36.3 Å². The van der Waals surface area contributed by atoms with E-state index in [0.717, 1.165) is 31.5 Å². The zero-order chi connectivity index (χ0) is 19.4. The number of carbonyl (C=O) groups excluding carboxylic acids is 1. The summed E-state index contributed by atoms with van der Waals surface area (Å²) in [7, 11) is 0. The fourth-order valence-electron chi connectivity index (χ4n) is 3.01. The van der Waals surface area contributed by atoms with Crippen molar-refractivity contribution < 1.29 is 14.1 Å². The Bertz CT molecular complexity index is 908. The van der Waals surface area contributed by atoms with Gasteiger partial charge in [-0.25, -0.2) is 9.82 Å². The SMILES string of the molecule is Cc1cc(N2CCCC2)c(F)cc1/C=N\NC(=O)c1cccc([N+](=O)[O-])c1. The normalized spacial score (nSPS) is 13.9. The molecule has 140 valence electrons. The average Bonchev–Trinajstić information content (AvgIpc) is 3.18. The van der Waals surface area contributed by atoms with E-state index in [0.29, 0.717) is 11.3 Å². The predicted octanol–water partition coefficient (Wildman–Crippen LogP) is 3.41. The maximum atomic E-state index is 14.4. The largest absolute Gasteiger partial charge is 0.369 e. The second-order valence-electron chi connectivity index (χ2n) is 6.36. The highest BCUT2D eigenvalue weighted by molar-refractivity contribution is 5.95. The summed E-state index contributed by atoms with van der Waals surface area (Å²) in [4.78, 5) is 24.3. The number of rotatable bonds is 5. The number of nitrogens with zero attached hydrogens (tertiary/aromatic N) is 3. The van der Waals surface area contributed by atoms with E-state index >= 15 is 0 Å². The second kappa shape index (κ2) is 7.94. The Labute approximate surface area is 155 Å². The lowest BCUT2D eigenvalue weighted by Crippen LogP contribution is -2.19. The van der Waals surface area contributed by atoms with Crippen molar-refractivity contribution in [3.05, 3.63) is 69.0 Å². The fraction of sp³-hybridized carbons (Fsp3) is 0.263. The number of nitro groups is 1. The van der Waals surface area contributed by atoms with E-state index in [1.807, 2.05) is 11.8 Å². The van der Waals surface area contributed by atoms with Crippen LogP contribution in [0.25, 0.3) is 0 Å². The summed E-state index contributed by atoms with van der Waals surface area (Å²) in [6.07, 6.45) is 3.48. The first-order valence-corrected chi connectivity index (χ1v) is 8.58. The highest BCUT2D eigenvalue weighted by Gasteiger charge is 2.17. The third-order valence-corrected chi connectivity index (χ3v) is 4.47. The topological polar surface area (TPSA) is 87.8 Å². The molecule has 0 radical (unpaired) electrons. The number of aryl methyl sites for hydroxylation is 1. The van der Waals surface area contributed by atoms with Crippen LogP contribution < -0.4 is 10.3 Å². The molecule has 0 saturated carbocycles. The minimum absolute atomic E-state index is 0.119. The van der Waals surface area contributed by atoms with Gasteiger partial charge in [-0.15, -0.1) is 0 Å². The molecule has 1 heterocycles. The Morgan fingerprint density at radius 1 is 1.30 bits per heavy atom. The molecule has 1 amide bonds. The van der Waals surface area contributed by atoms with Gasteiger partial charge in [-0.3, -0.25) is 14.9 Å². The molecule has 2 aromatic rings. The molecule has 0 atom stereocenters. The number of hydrazone groups is 1. The zero-order valence-corrected chi connectivity index (χ0v) is 14.8. The highest BCUT2D eigenvalue weighted by Crippen LogP contribution is 2.26. The molecule has 7 nitrogen and oxygen atoms in total. The lowest BCUT2D eigenvalue weighted by atomic mass is 10.1. The summed E-state index contributed by atoms with van der Waals surface area (Å²) in [5.74, 6) is -0.907. The molecular weight excluding hydrogens is 351 g/mol. The van der Waals surface area contributed by atoms with Gasteiger partial charge in [-0.1, -0.05) is 6.07 Å². The monoisotopic (exact) mass is 370 g/mol. The van der Waals surface area contributed by atoms with E-state index in [4.69, 9.17) is 0 Å². The van der Waals surface area contributed by atoms with Crippen LogP contribution in [0.1, 0.15) is 34.3 Å². The van der Waals surface area contributed by atoms with Crippen molar-refractivity contribution in [3.63, 3.8) is 0 Å². The molecule has 2 aromatic carbocycles. The number of nitro benzene ring substituents is 1. The van der Waals surface area contributed by atoms with Gasteiger partial charge in [-0.2, -0.15) is 5.10 Å². The molecule has 1 saturated heterocycles. The van der Waals surface area contributed by atoms with E-state index in [1.54, 1.807) is 6.07 Å². The van der Waals surface area contributed by atoms with Crippen LogP contribution in [0, 0.1) is 22.9 Å².